The maximum atomic E-state index is 12.4. The molecule has 0 saturated carbocycles. The van der Waals surface area contributed by atoms with Gasteiger partial charge in [-0.25, -0.2) is 9.59 Å². The van der Waals surface area contributed by atoms with E-state index in [-0.39, 0.29) is 30.2 Å². The molecule has 0 fully saturated rings. The van der Waals surface area contributed by atoms with E-state index in [1.54, 1.807) is 6.07 Å². The van der Waals surface area contributed by atoms with Crippen LogP contribution >= 0.6 is 0 Å². The lowest BCUT2D eigenvalue weighted by Crippen LogP contribution is -2.37. The summed E-state index contributed by atoms with van der Waals surface area (Å²) < 4.78 is 10.9. The molecule has 1 heterocycles. The number of hydrogen-bond acceptors (Lipinski definition) is 4. The van der Waals surface area contributed by atoms with Gasteiger partial charge < -0.3 is 19.6 Å². The fourth-order valence-corrected chi connectivity index (χ4v) is 3.91. The number of benzene rings is 2. The highest BCUT2D eigenvalue weighted by Gasteiger charge is 2.29. The van der Waals surface area contributed by atoms with Crippen LogP contribution in [0.4, 0.5) is 4.79 Å². The Balaban J connectivity index is 1.39. The first-order valence-corrected chi connectivity index (χ1v) is 9.90. The number of aromatic carboxylic acids is 1. The molecule has 2 aromatic carbocycles. The predicted octanol–water partition coefficient (Wildman–Crippen LogP) is 5.01. The lowest BCUT2D eigenvalue weighted by molar-refractivity contribution is 0.0659. The molecule has 2 unspecified atom stereocenters. The third-order valence-electron chi connectivity index (χ3n) is 5.73. The molecule has 3 aromatic rings. The summed E-state index contributed by atoms with van der Waals surface area (Å²) in [7, 11) is 0. The maximum Gasteiger partial charge on any atom is 0.407 e. The molecule has 154 valence electrons. The van der Waals surface area contributed by atoms with Crippen molar-refractivity contribution in [2.45, 2.75) is 31.7 Å². The Morgan fingerprint density at radius 1 is 1.00 bits per heavy atom. The number of hydrogen-bond donors (Lipinski definition) is 2. The van der Waals surface area contributed by atoms with Gasteiger partial charge in [0.1, 0.15) is 12.4 Å². The average molecular weight is 405 g/mol. The van der Waals surface area contributed by atoms with Gasteiger partial charge in [-0.3, -0.25) is 0 Å². The topological polar surface area (TPSA) is 88.8 Å². The average Bonchev–Trinajstić information content (AvgIpc) is 3.35. The molecular formula is C24H23NO5. The lowest BCUT2D eigenvalue weighted by atomic mass is 9.98. The molecular weight excluding hydrogens is 382 g/mol. The van der Waals surface area contributed by atoms with Crippen LogP contribution in [0.25, 0.3) is 11.1 Å². The van der Waals surface area contributed by atoms with Crippen molar-refractivity contribution in [2.75, 3.05) is 6.61 Å². The van der Waals surface area contributed by atoms with Gasteiger partial charge in [0, 0.05) is 17.9 Å². The molecule has 2 N–H and O–H groups in total. The third kappa shape index (κ3) is 3.68. The van der Waals surface area contributed by atoms with E-state index in [1.165, 1.54) is 17.2 Å². The third-order valence-corrected chi connectivity index (χ3v) is 5.73. The first kappa shape index (κ1) is 19.8. The van der Waals surface area contributed by atoms with Crippen molar-refractivity contribution >= 4 is 12.1 Å². The summed E-state index contributed by atoms with van der Waals surface area (Å²) in [5.41, 5.74) is 4.67. The van der Waals surface area contributed by atoms with Crippen molar-refractivity contribution in [3.8, 4) is 11.1 Å². The van der Waals surface area contributed by atoms with Gasteiger partial charge in [-0.05, 0) is 41.3 Å². The summed E-state index contributed by atoms with van der Waals surface area (Å²) in [4.78, 5) is 23.4. The second kappa shape index (κ2) is 8.06. The number of carboxylic acids is 1. The maximum absolute atomic E-state index is 12.4. The number of carbonyl (C=O) groups excluding carboxylic acids is 1. The summed E-state index contributed by atoms with van der Waals surface area (Å²) >= 11 is 0. The van der Waals surface area contributed by atoms with Crippen LogP contribution in [0.3, 0.4) is 0 Å². The number of rotatable bonds is 6. The standard InChI is InChI=1S/C24H23NO5/c1-14(21-11-12-22(30-21)23(26)27)15(2)25-24(28)29-13-20-18-9-5-3-7-16(18)17-8-4-6-10-19(17)20/h3-12,14-15,20H,13H2,1-2H3,(H,25,28)(H,26,27). The zero-order valence-electron chi connectivity index (χ0n) is 16.8. The molecule has 1 aliphatic carbocycles. The Bertz CT molecular complexity index is 1040. The summed E-state index contributed by atoms with van der Waals surface area (Å²) in [5, 5.41) is 11.8. The van der Waals surface area contributed by atoms with E-state index in [0.29, 0.717) is 5.76 Å². The molecule has 4 rings (SSSR count). The molecule has 0 saturated heterocycles. The van der Waals surface area contributed by atoms with Crippen molar-refractivity contribution in [1.29, 1.82) is 0 Å². The minimum atomic E-state index is -1.12. The highest BCUT2D eigenvalue weighted by atomic mass is 16.5. The van der Waals surface area contributed by atoms with Crippen LogP contribution in [0.15, 0.2) is 65.1 Å². The fraction of sp³-hybridized carbons (Fsp3) is 0.250. The molecule has 0 spiro atoms. The van der Waals surface area contributed by atoms with Crippen molar-refractivity contribution in [1.82, 2.24) is 5.32 Å². The zero-order chi connectivity index (χ0) is 21.3. The van der Waals surface area contributed by atoms with Crippen LogP contribution in [0.1, 0.15) is 53.1 Å². The van der Waals surface area contributed by atoms with Gasteiger partial charge in [-0.2, -0.15) is 0 Å². The fourth-order valence-electron chi connectivity index (χ4n) is 3.91. The minimum Gasteiger partial charge on any atom is -0.475 e. The Labute approximate surface area is 174 Å². The van der Waals surface area contributed by atoms with Crippen LogP contribution < -0.4 is 5.32 Å². The number of nitrogens with one attached hydrogen (secondary N) is 1. The smallest absolute Gasteiger partial charge is 0.407 e. The van der Waals surface area contributed by atoms with Crippen LogP contribution in [0, 0.1) is 0 Å². The highest BCUT2D eigenvalue weighted by Crippen LogP contribution is 2.44. The Morgan fingerprint density at radius 3 is 2.17 bits per heavy atom. The highest BCUT2D eigenvalue weighted by molar-refractivity contribution is 5.84. The van der Waals surface area contributed by atoms with E-state index < -0.39 is 12.1 Å². The van der Waals surface area contributed by atoms with Gasteiger partial charge in [-0.1, -0.05) is 55.5 Å². The van der Waals surface area contributed by atoms with Gasteiger partial charge in [0.2, 0.25) is 5.76 Å². The van der Waals surface area contributed by atoms with Gasteiger partial charge in [0.15, 0.2) is 0 Å². The van der Waals surface area contributed by atoms with Crippen LogP contribution in [-0.2, 0) is 4.74 Å². The van der Waals surface area contributed by atoms with Crippen molar-refractivity contribution in [3.63, 3.8) is 0 Å². The van der Waals surface area contributed by atoms with Crippen molar-refractivity contribution in [3.05, 3.63) is 83.3 Å². The Kier molecular flexibility index (Phi) is 5.31. The number of carbonyl (C=O) groups is 2. The molecule has 6 heteroatoms. The monoisotopic (exact) mass is 405 g/mol. The lowest BCUT2D eigenvalue weighted by Gasteiger charge is -2.20. The quantitative estimate of drug-likeness (QED) is 0.602. The second-order valence-electron chi connectivity index (χ2n) is 7.55. The number of ether oxygens (including phenoxy) is 1. The van der Waals surface area contributed by atoms with Crippen molar-refractivity contribution < 1.29 is 23.8 Å². The molecule has 1 amide bonds. The predicted molar refractivity (Wildman–Crippen MR) is 112 cm³/mol. The molecule has 0 radical (unpaired) electrons. The molecule has 30 heavy (non-hydrogen) atoms. The number of furan rings is 1. The van der Waals surface area contributed by atoms with E-state index in [2.05, 4.69) is 29.6 Å². The van der Waals surface area contributed by atoms with Crippen molar-refractivity contribution in [2.24, 2.45) is 0 Å². The molecule has 0 bridgehead atoms. The second-order valence-corrected chi connectivity index (χ2v) is 7.55. The number of amides is 1. The van der Waals surface area contributed by atoms with E-state index in [9.17, 15) is 9.59 Å². The summed E-state index contributed by atoms with van der Waals surface area (Å²) in [6.45, 7) is 3.93. The Hall–Kier alpha value is -3.54. The first-order chi connectivity index (χ1) is 14.5. The van der Waals surface area contributed by atoms with E-state index in [0.717, 1.165) is 11.1 Å². The Morgan fingerprint density at radius 2 is 1.60 bits per heavy atom. The SMILES string of the molecule is CC(NC(=O)OCC1c2ccccc2-c2ccccc21)C(C)c1ccc(C(=O)O)o1. The van der Waals surface area contributed by atoms with Gasteiger partial charge in [0.25, 0.3) is 0 Å². The summed E-state index contributed by atoms with van der Waals surface area (Å²) in [6.07, 6.45) is -0.513. The van der Waals surface area contributed by atoms with E-state index in [4.69, 9.17) is 14.3 Å². The van der Waals surface area contributed by atoms with Gasteiger partial charge in [-0.15, -0.1) is 0 Å². The number of carboxylic acid groups (broad SMARTS) is 1. The van der Waals surface area contributed by atoms with Gasteiger partial charge in [0.05, 0.1) is 0 Å². The first-order valence-electron chi connectivity index (χ1n) is 9.90. The number of fused-ring (bicyclic) bond motifs is 3. The van der Waals surface area contributed by atoms with Gasteiger partial charge >= 0.3 is 12.1 Å². The molecule has 6 nitrogen and oxygen atoms in total. The minimum absolute atomic E-state index is 0.000854. The van der Waals surface area contributed by atoms with Crippen LogP contribution in [-0.4, -0.2) is 29.8 Å². The molecule has 2 atom stereocenters. The number of alkyl carbamates (subject to hydrolysis) is 1. The van der Waals surface area contributed by atoms with Crippen LogP contribution in [0.5, 0.6) is 0 Å². The molecule has 0 aliphatic heterocycles. The normalized spacial score (nSPS) is 14.5. The zero-order valence-corrected chi connectivity index (χ0v) is 16.8. The molecule has 1 aliphatic rings. The largest absolute Gasteiger partial charge is 0.475 e. The van der Waals surface area contributed by atoms with E-state index >= 15 is 0 Å². The van der Waals surface area contributed by atoms with Crippen LogP contribution in [0.2, 0.25) is 0 Å². The van der Waals surface area contributed by atoms with E-state index in [1.807, 2.05) is 38.1 Å². The summed E-state index contributed by atoms with van der Waals surface area (Å²) in [5.74, 6) is -0.952. The summed E-state index contributed by atoms with van der Waals surface area (Å²) in [6, 6.07) is 19.1. The molecule has 1 aromatic heterocycles.